The van der Waals surface area contributed by atoms with Crippen LogP contribution in [0.25, 0.3) is 0 Å². The summed E-state index contributed by atoms with van der Waals surface area (Å²) in [5.74, 6) is -0.271. The van der Waals surface area contributed by atoms with Gasteiger partial charge in [0, 0.05) is 52.0 Å². The van der Waals surface area contributed by atoms with Crippen molar-refractivity contribution in [1.29, 1.82) is 5.26 Å². The number of ether oxygens (including phenoxy) is 1. The van der Waals surface area contributed by atoms with Gasteiger partial charge in [-0.05, 0) is 12.5 Å². The fourth-order valence-electron chi connectivity index (χ4n) is 2.86. The maximum atomic E-state index is 12.5. The molecule has 1 fully saturated rings. The van der Waals surface area contributed by atoms with Crippen molar-refractivity contribution in [3.8, 4) is 6.07 Å². The zero-order chi connectivity index (χ0) is 20.2. The molecule has 0 spiro atoms. The molecule has 1 aromatic carbocycles. The minimum absolute atomic E-state index is 0.0626. The monoisotopic (exact) mass is 385 g/mol. The third kappa shape index (κ3) is 6.93. The Morgan fingerprint density at radius 1 is 1.18 bits per heavy atom. The van der Waals surface area contributed by atoms with Gasteiger partial charge in [0.05, 0.1) is 6.61 Å². The summed E-state index contributed by atoms with van der Waals surface area (Å²) < 4.78 is 4.74. The maximum absolute atomic E-state index is 12.5. The number of carbonyl (C=O) groups is 2. The molecule has 1 aliphatic heterocycles. The Morgan fingerprint density at radius 3 is 2.54 bits per heavy atom. The van der Waals surface area contributed by atoms with E-state index >= 15 is 0 Å². The van der Waals surface area contributed by atoms with Crippen molar-refractivity contribution in [2.24, 2.45) is 0 Å². The van der Waals surface area contributed by atoms with Crippen LogP contribution in [0, 0.1) is 11.3 Å². The first-order valence-electron chi connectivity index (χ1n) is 9.44. The van der Waals surface area contributed by atoms with Crippen LogP contribution in [0.3, 0.4) is 0 Å². The average Bonchev–Trinajstić information content (AvgIpc) is 2.72. The van der Waals surface area contributed by atoms with Gasteiger partial charge in [0.25, 0.3) is 5.91 Å². The second kappa shape index (κ2) is 11.6. The smallest absolute Gasteiger partial charge is 0.407 e. The second-order valence-corrected chi connectivity index (χ2v) is 6.33. The van der Waals surface area contributed by atoms with Crippen molar-refractivity contribution in [2.45, 2.75) is 13.5 Å². The third-order valence-electron chi connectivity index (χ3n) is 4.32. The molecular formula is C20H27N5O3. The summed E-state index contributed by atoms with van der Waals surface area (Å²) in [7, 11) is 0. The lowest BCUT2D eigenvalue weighted by Crippen LogP contribution is -2.48. The molecule has 0 unspecified atom stereocenters. The zero-order valence-electron chi connectivity index (χ0n) is 16.2. The highest BCUT2D eigenvalue weighted by atomic mass is 16.5. The van der Waals surface area contributed by atoms with E-state index in [0.717, 1.165) is 19.6 Å². The molecule has 0 bridgehead atoms. The summed E-state index contributed by atoms with van der Waals surface area (Å²) in [5, 5.41) is 14.7. The topological polar surface area (TPSA) is 97.7 Å². The second-order valence-electron chi connectivity index (χ2n) is 6.33. The van der Waals surface area contributed by atoms with Gasteiger partial charge in [0.2, 0.25) is 0 Å². The van der Waals surface area contributed by atoms with Gasteiger partial charge < -0.3 is 20.3 Å². The van der Waals surface area contributed by atoms with Gasteiger partial charge >= 0.3 is 6.09 Å². The van der Waals surface area contributed by atoms with Crippen molar-refractivity contribution in [1.82, 2.24) is 20.4 Å². The summed E-state index contributed by atoms with van der Waals surface area (Å²) >= 11 is 0. The summed E-state index contributed by atoms with van der Waals surface area (Å²) in [6.07, 6.45) is 0.921. The normalized spacial score (nSPS) is 14.9. The van der Waals surface area contributed by atoms with Crippen LogP contribution in [0.1, 0.15) is 12.5 Å². The first-order valence-corrected chi connectivity index (χ1v) is 9.44. The van der Waals surface area contributed by atoms with Crippen LogP contribution < -0.4 is 10.6 Å². The predicted molar refractivity (Wildman–Crippen MR) is 105 cm³/mol. The highest BCUT2D eigenvalue weighted by Crippen LogP contribution is 2.10. The highest BCUT2D eigenvalue weighted by molar-refractivity contribution is 5.97. The molecule has 28 heavy (non-hydrogen) atoms. The van der Waals surface area contributed by atoms with Crippen LogP contribution in [-0.2, 0) is 16.1 Å². The van der Waals surface area contributed by atoms with Gasteiger partial charge in [0.1, 0.15) is 11.6 Å². The molecule has 150 valence electrons. The lowest BCUT2D eigenvalue weighted by Gasteiger charge is -2.34. The van der Waals surface area contributed by atoms with E-state index in [0.29, 0.717) is 32.8 Å². The number of benzene rings is 1. The molecule has 0 aliphatic carbocycles. The third-order valence-corrected chi connectivity index (χ3v) is 4.32. The molecule has 8 heteroatoms. The number of carbonyl (C=O) groups excluding carboxylic acids is 2. The van der Waals surface area contributed by atoms with Crippen molar-refractivity contribution in [3.05, 3.63) is 47.7 Å². The van der Waals surface area contributed by atoms with Crippen LogP contribution >= 0.6 is 0 Å². The Balaban J connectivity index is 1.74. The highest BCUT2D eigenvalue weighted by Gasteiger charge is 2.23. The Morgan fingerprint density at radius 2 is 1.89 bits per heavy atom. The molecule has 1 aromatic rings. The summed E-state index contributed by atoms with van der Waals surface area (Å²) in [6, 6.07) is 12.2. The molecule has 1 heterocycles. The van der Waals surface area contributed by atoms with E-state index in [1.54, 1.807) is 11.8 Å². The van der Waals surface area contributed by atoms with Crippen LogP contribution in [-0.4, -0.2) is 67.7 Å². The SMILES string of the molecule is CCOC(=O)NCCN/C=C(/C#N)C(=O)N1CCN(Cc2ccccc2)CC1. The molecule has 1 aliphatic rings. The Hall–Kier alpha value is -3.05. The number of nitrogens with one attached hydrogen (secondary N) is 2. The first kappa shape index (κ1) is 21.3. The van der Waals surface area contributed by atoms with E-state index in [9.17, 15) is 14.9 Å². The van der Waals surface area contributed by atoms with Crippen molar-refractivity contribution in [2.75, 3.05) is 45.9 Å². The number of nitriles is 1. The van der Waals surface area contributed by atoms with Crippen LogP contribution in [0.4, 0.5) is 4.79 Å². The van der Waals surface area contributed by atoms with Crippen LogP contribution in [0.5, 0.6) is 0 Å². The van der Waals surface area contributed by atoms with E-state index in [2.05, 4.69) is 27.7 Å². The largest absolute Gasteiger partial charge is 0.450 e. The van der Waals surface area contributed by atoms with Gasteiger partial charge in [-0.2, -0.15) is 5.26 Å². The van der Waals surface area contributed by atoms with Gasteiger partial charge in [0.15, 0.2) is 0 Å². The Kier molecular flexibility index (Phi) is 8.82. The maximum Gasteiger partial charge on any atom is 0.407 e. The summed E-state index contributed by atoms with van der Waals surface area (Å²) in [5.41, 5.74) is 1.31. The Labute approximate surface area is 165 Å². The fourth-order valence-corrected chi connectivity index (χ4v) is 2.86. The molecule has 8 nitrogen and oxygen atoms in total. The fraction of sp³-hybridized carbons (Fsp3) is 0.450. The standard InChI is InChI=1S/C20H27N5O3/c1-2-28-20(27)23-9-8-22-15-18(14-21)19(26)25-12-10-24(11-13-25)16-17-6-4-3-5-7-17/h3-7,15,22H,2,8-13,16H2,1H3,(H,23,27)/b18-15-. The van der Waals surface area contributed by atoms with E-state index in [1.807, 2.05) is 24.3 Å². The number of piperazine rings is 1. The van der Waals surface area contributed by atoms with E-state index in [4.69, 9.17) is 4.74 Å². The Bertz CT molecular complexity index is 706. The number of hydrogen-bond donors (Lipinski definition) is 2. The molecule has 0 radical (unpaired) electrons. The number of hydrogen-bond acceptors (Lipinski definition) is 6. The number of rotatable bonds is 8. The van der Waals surface area contributed by atoms with E-state index in [-0.39, 0.29) is 11.5 Å². The quantitative estimate of drug-likeness (QED) is 0.395. The molecule has 1 saturated heterocycles. The average molecular weight is 385 g/mol. The first-order chi connectivity index (χ1) is 13.6. The van der Waals surface area contributed by atoms with Gasteiger partial charge in [-0.15, -0.1) is 0 Å². The lowest BCUT2D eigenvalue weighted by atomic mass is 10.2. The van der Waals surface area contributed by atoms with Crippen LogP contribution in [0.15, 0.2) is 42.1 Å². The lowest BCUT2D eigenvalue weighted by molar-refractivity contribution is -0.128. The van der Waals surface area contributed by atoms with Crippen molar-refractivity contribution < 1.29 is 14.3 Å². The van der Waals surface area contributed by atoms with E-state index in [1.165, 1.54) is 11.8 Å². The molecule has 2 amide bonds. The van der Waals surface area contributed by atoms with Crippen LogP contribution in [0.2, 0.25) is 0 Å². The number of amides is 2. The van der Waals surface area contributed by atoms with Crippen molar-refractivity contribution in [3.63, 3.8) is 0 Å². The van der Waals surface area contributed by atoms with E-state index < -0.39 is 6.09 Å². The van der Waals surface area contributed by atoms with Gasteiger partial charge in [-0.25, -0.2) is 4.79 Å². The van der Waals surface area contributed by atoms with Crippen molar-refractivity contribution >= 4 is 12.0 Å². The zero-order valence-corrected chi connectivity index (χ0v) is 16.2. The minimum Gasteiger partial charge on any atom is -0.450 e. The molecule has 2 rings (SSSR count). The molecule has 0 saturated carbocycles. The number of nitrogens with zero attached hydrogens (tertiary/aromatic N) is 3. The molecule has 2 N–H and O–H groups in total. The molecule has 0 aromatic heterocycles. The van der Waals surface area contributed by atoms with Gasteiger partial charge in [-0.1, -0.05) is 30.3 Å². The summed E-state index contributed by atoms with van der Waals surface area (Å²) in [4.78, 5) is 27.7. The minimum atomic E-state index is -0.488. The number of alkyl carbamates (subject to hydrolysis) is 1. The molecule has 0 atom stereocenters. The van der Waals surface area contributed by atoms with Gasteiger partial charge in [-0.3, -0.25) is 9.69 Å². The predicted octanol–water partition coefficient (Wildman–Crippen LogP) is 1.07. The summed E-state index contributed by atoms with van der Waals surface area (Å²) in [6.45, 7) is 6.36. The molecular weight excluding hydrogens is 358 g/mol.